The number of hydrogen-bond donors (Lipinski definition) is 1. The molecule has 1 rings (SSSR count). The van der Waals surface area contributed by atoms with Gasteiger partial charge in [-0.25, -0.2) is 0 Å². The second-order valence-corrected chi connectivity index (χ2v) is 4.60. The van der Waals surface area contributed by atoms with Crippen LogP contribution in [0.1, 0.15) is 25.3 Å². The lowest BCUT2D eigenvalue weighted by Crippen LogP contribution is -2.26. The van der Waals surface area contributed by atoms with E-state index in [0.29, 0.717) is 17.9 Å². The summed E-state index contributed by atoms with van der Waals surface area (Å²) in [6.45, 7) is 1.85. The molecule has 1 aromatic carbocycles. The number of halogens is 1. The van der Waals surface area contributed by atoms with E-state index in [0.717, 1.165) is 5.56 Å². The van der Waals surface area contributed by atoms with Gasteiger partial charge in [0.15, 0.2) is 5.92 Å². The van der Waals surface area contributed by atoms with Crippen LogP contribution in [0.25, 0.3) is 0 Å². The summed E-state index contributed by atoms with van der Waals surface area (Å²) in [5.74, 6) is -2.87. The highest BCUT2D eigenvalue weighted by Crippen LogP contribution is 2.15. The fourth-order valence-electron chi connectivity index (χ4n) is 1.75. The van der Waals surface area contributed by atoms with E-state index in [1.165, 1.54) is 0 Å². The zero-order valence-electron chi connectivity index (χ0n) is 10.8. The van der Waals surface area contributed by atoms with Gasteiger partial charge >= 0.3 is 11.9 Å². The molecule has 0 saturated carbocycles. The Bertz CT molecular complexity index is 428. The molecule has 0 aromatic heterocycles. The van der Waals surface area contributed by atoms with E-state index >= 15 is 0 Å². The van der Waals surface area contributed by atoms with Crippen molar-refractivity contribution in [2.45, 2.75) is 26.2 Å². The number of ether oxygens (including phenoxy) is 1. The Morgan fingerprint density at radius 1 is 1.32 bits per heavy atom. The van der Waals surface area contributed by atoms with Crippen LogP contribution < -0.4 is 0 Å². The van der Waals surface area contributed by atoms with Crippen molar-refractivity contribution in [2.75, 3.05) is 6.61 Å². The molecule has 0 unspecified atom stereocenters. The number of benzene rings is 1. The highest BCUT2D eigenvalue weighted by Gasteiger charge is 2.26. The van der Waals surface area contributed by atoms with Gasteiger partial charge < -0.3 is 9.84 Å². The third-order valence-corrected chi connectivity index (χ3v) is 2.99. The van der Waals surface area contributed by atoms with Crippen LogP contribution in [0, 0.1) is 5.92 Å². The standard InChI is InChI=1S/C14H17ClO4/c1-2-19-14(18)12(13(16)17)5-3-4-10-6-8-11(15)9-7-10/h6-9,12H,2-5H2,1H3,(H,16,17)/t12-/m1/s1. The van der Waals surface area contributed by atoms with Crippen LogP contribution in [0.2, 0.25) is 5.02 Å². The van der Waals surface area contributed by atoms with Crippen molar-refractivity contribution in [1.29, 1.82) is 0 Å². The Kier molecular flexibility index (Phi) is 6.36. The van der Waals surface area contributed by atoms with E-state index in [-0.39, 0.29) is 13.0 Å². The highest BCUT2D eigenvalue weighted by molar-refractivity contribution is 6.30. The molecule has 0 aliphatic carbocycles. The van der Waals surface area contributed by atoms with Crippen LogP contribution in [0.4, 0.5) is 0 Å². The summed E-state index contributed by atoms with van der Waals surface area (Å²) in [6.07, 6.45) is 1.59. The van der Waals surface area contributed by atoms with Crippen LogP contribution in [0.3, 0.4) is 0 Å². The summed E-state index contributed by atoms with van der Waals surface area (Å²) in [5.41, 5.74) is 1.07. The van der Waals surface area contributed by atoms with E-state index in [2.05, 4.69) is 0 Å². The lowest BCUT2D eigenvalue weighted by molar-refractivity contribution is -0.158. The van der Waals surface area contributed by atoms with Gasteiger partial charge in [0.05, 0.1) is 6.61 Å². The summed E-state index contributed by atoms with van der Waals surface area (Å²) < 4.78 is 4.75. The first kappa shape index (κ1) is 15.5. The van der Waals surface area contributed by atoms with Crippen molar-refractivity contribution in [1.82, 2.24) is 0 Å². The molecular formula is C14H17ClO4. The molecule has 4 nitrogen and oxygen atoms in total. The summed E-state index contributed by atoms with van der Waals surface area (Å²) in [4.78, 5) is 22.4. The molecule has 0 bridgehead atoms. The third-order valence-electron chi connectivity index (χ3n) is 2.74. The van der Waals surface area contributed by atoms with Crippen LogP contribution in [0.15, 0.2) is 24.3 Å². The molecule has 0 fully saturated rings. The second kappa shape index (κ2) is 7.79. The van der Waals surface area contributed by atoms with Gasteiger partial charge in [-0.1, -0.05) is 23.7 Å². The van der Waals surface area contributed by atoms with Crippen molar-refractivity contribution in [3.63, 3.8) is 0 Å². The fraction of sp³-hybridized carbons (Fsp3) is 0.429. The predicted molar refractivity (Wildman–Crippen MR) is 72.1 cm³/mol. The minimum Gasteiger partial charge on any atom is -0.481 e. The zero-order chi connectivity index (χ0) is 14.3. The number of hydrogen-bond acceptors (Lipinski definition) is 3. The molecule has 1 N–H and O–H groups in total. The SMILES string of the molecule is CCOC(=O)[C@H](CCCc1ccc(Cl)cc1)C(=O)O. The Balaban J connectivity index is 2.46. The molecule has 0 heterocycles. The first-order chi connectivity index (χ1) is 9.04. The number of carboxylic acids is 1. The van der Waals surface area contributed by atoms with Crippen molar-refractivity contribution < 1.29 is 19.4 Å². The average Bonchev–Trinajstić information content (AvgIpc) is 2.36. The fourth-order valence-corrected chi connectivity index (χ4v) is 1.87. The predicted octanol–water partition coefficient (Wildman–Crippen LogP) is 2.93. The summed E-state index contributed by atoms with van der Waals surface area (Å²) >= 11 is 5.78. The first-order valence-electron chi connectivity index (χ1n) is 6.18. The molecule has 104 valence electrons. The van der Waals surface area contributed by atoms with Gasteiger partial charge in [-0.15, -0.1) is 0 Å². The highest BCUT2D eigenvalue weighted by atomic mass is 35.5. The molecule has 0 amide bonds. The van der Waals surface area contributed by atoms with Crippen molar-refractivity contribution in [2.24, 2.45) is 5.92 Å². The number of rotatable bonds is 7. The minimum atomic E-state index is -1.13. The molecule has 1 aromatic rings. The van der Waals surface area contributed by atoms with Crippen LogP contribution in [-0.4, -0.2) is 23.7 Å². The van der Waals surface area contributed by atoms with Crippen LogP contribution in [0.5, 0.6) is 0 Å². The molecule has 0 aliphatic heterocycles. The maximum absolute atomic E-state index is 11.5. The van der Waals surface area contributed by atoms with E-state index in [4.69, 9.17) is 21.4 Å². The van der Waals surface area contributed by atoms with Gasteiger partial charge in [0.1, 0.15) is 0 Å². The van der Waals surface area contributed by atoms with E-state index in [1.807, 2.05) is 12.1 Å². The number of carbonyl (C=O) groups excluding carboxylic acids is 1. The average molecular weight is 285 g/mol. The number of carboxylic acid groups (broad SMARTS) is 1. The zero-order valence-corrected chi connectivity index (χ0v) is 11.5. The smallest absolute Gasteiger partial charge is 0.320 e. The molecule has 0 spiro atoms. The van der Waals surface area contributed by atoms with Gasteiger partial charge in [0, 0.05) is 5.02 Å². The Hall–Kier alpha value is -1.55. The molecule has 19 heavy (non-hydrogen) atoms. The quantitative estimate of drug-likeness (QED) is 0.618. The second-order valence-electron chi connectivity index (χ2n) is 4.16. The number of esters is 1. The van der Waals surface area contributed by atoms with Gasteiger partial charge in [-0.3, -0.25) is 9.59 Å². The molecule has 5 heteroatoms. The lowest BCUT2D eigenvalue weighted by atomic mass is 10.00. The normalized spacial score (nSPS) is 11.9. The van der Waals surface area contributed by atoms with E-state index in [9.17, 15) is 9.59 Å². The topological polar surface area (TPSA) is 63.6 Å². The van der Waals surface area contributed by atoms with Crippen molar-refractivity contribution in [3.8, 4) is 0 Å². The largest absolute Gasteiger partial charge is 0.481 e. The van der Waals surface area contributed by atoms with Crippen LogP contribution >= 0.6 is 11.6 Å². The molecule has 1 atom stereocenters. The Morgan fingerprint density at radius 2 is 1.95 bits per heavy atom. The summed E-state index contributed by atoms with van der Waals surface area (Å²) in [6, 6.07) is 7.36. The minimum absolute atomic E-state index is 0.194. The Labute approximate surface area is 117 Å². The van der Waals surface area contributed by atoms with Gasteiger partial charge in [-0.05, 0) is 43.9 Å². The molecule has 0 saturated heterocycles. The van der Waals surface area contributed by atoms with Crippen molar-refractivity contribution in [3.05, 3.63) is 34.9 Å². The van der Waals surface area contributed by atoms with Gasteiger partial charge in [0.2, 0.25) is 0 Å². The summed E-state index contributed by atoms with van der Waals surface area (Å²) in [5, 5.41) is 9.65. The lowest BCUT2D eigenvalue weighted by Gasteiger charge is -2.11. The monoisotopic (exact) mass is 284 g/mol. The molecule has 0 radical (unpaired) electrons. The summed E-state index contributed by atoms with van der Waals surface area (Å²) in [7, 11) is 0. The molecular weight excluding hydrogens is 268 g/mol. The molecule has 0 aliphatic rings. The number of carbonyl (C=O) groups is 2. The van der Waals surface area contributed by atoms with Gasteiger partial charge in [-0.2, -0.15) is 0 Å². The van der Waals surface area contributed by atoms with E-state index in [1.54, 1.807) is 19.1 Å². The number of aryl methyl sites for hydroxylation is 1. The maximum Gasteiger partial charge on any atom is 0.320 e. The van der Waals surface area contributed by atoms with Gasteiger partial charge in [0.25, 0.3) is 0 Å². The van der Waals surface area contributed by atoms with Crippen LogP contribution in [-0.2, 0) is 20.7 Å². The Morgan fingerprint density at radius 3 is 2.47 bits per heavy atom. The van der Waals surface area contributed by atoms with E-state index < -0.39 is 17.9 Å². The number of aliphatic carboxylic acids is 1. The van der Waals surface area contributed by atoms with Crippen molar-refractivity contribution >= 4 is 23.5 Å². The third kappa shape index (κ3) is 5.30. The maximum atomic E-state index is 11.5. The first-order valence-corrected chi connectivity index (χ1v) is 6.56.